The molecular weight excluding hydrogens is 326 g/mol. The molecule has 6 nitrogen and oxygen atoms in total. The summed E-state index contributed by atoms with van der Waals surface area (Å²) in [6.07, 6.45) is 2.35. The maximum atomic E-state index is 5.36. The number of para-hydroxylation sites is 1. The Morgan fingerprint density at radius 2 is 1.92 bits per heavy atom. The van der Waals surface area contributed by atoms with Gasteiger partial charge in [-0.3, -0.25) is 4.90 Å². The van der Waals surface area contributed by atoms with Crippen molar-refractivity contribution >= 4 is 0 Å². The maximum Gasteiger partial charge on any atom is 0.229 e. The van der Waals surface area contributed by atoms with E-state index in [9.17, 15) is 0 Å². The Labute approximate surface area is 153 Å². The first kappa shape index (κ1) is 17.0. The third kappa shape index (κ3) is 3.29. The smallest absolute Gasteiger partial charge is 0.229 e. The van der Waals surface area contributed by atoms with Crippen LogP contribution in [-0.4, -0.2) is 31.9 Å². The van der Waals surface area contributed by atoms with Gasteiger partial charge in [-0.05, 0) is 52.3 Å². The van der Waals surface area contributed by atoms with Crippen LogP contribution in [0.1, 0.15) is 53.0 Å². The van der Waals surface area contributed by atoms with Gasteiger partial charge in [-0.2, -0.15) is 10.1 Å². The SMILES string of the molecule is Cc1ccccc1-n1nc(C)c(CN(C)Cc2noc(C3CC3)n2)c1C. The van der Waals surface area contributed by atoms with Gasteiger partial charge in [0.2, 0.25) is 5.89 Å². The molecule has 1 aliphatic rings. The lowest BCUT2D eigenvalue weighted by molar-refractivity contribution is 0.298. The number of rotatable bonds is 6. The number of hydrogen-bond donors (Lipinski definition) is 0. The summed E-state index contributed by atoms with van der Waals surface area (Å²) in [5.41, 5.74) is 5.84. The Balaban J connectivity index is 1.51. The van der Waals surface area contributed by atoms with Crippen LogP contribution in [0.2, 0.25) is 0 Å². The molecule has 3 aromatic rings. The Bertz CT molecular complexity index is 922. The van der Waals surface area contributed by atoms with Crippen molar-refractivity contribution in [1.82, 2.24) is 24.8 Å². The summed E-state index contributed by atoms with van der Waals surface area (Å²) in [5, 5.41) is 8.90. The van der Waals surface area contributed by atoms with E-state index in [4.69, 9.17) is 9.62 Å². The lowest BCUT2D eigenvalue weighted by Gasteiger charge is -2.15. The van der Waals surface area contributed by atoms with Crippen LogP contribution in [0.3, 0.4) is 0 Å². The zero-order chi connectivity index (χ0) is 18.3. The van der Waals surface area contributed by atoms with Crippen molar-refractivity contribution in [2.75, 3.05) is 7.05 Å². The average molecular weight is 351 g/mol. The summed E-state index contributed by atoms with van der Waals surface area (Å²) in [6.45, 7) is 7.80. The summed E-state index contributed by atoms with van der Waals surface area (Å²) in [4.78, 5) is 6.73. The van der Waals surface area contributed by atoms with Gasteiger partial charge in [-0.15, -0.1) is 0 Å². The molecule has 1 aliphatic carbocycles. The normalized spacial score (nSPS) is 14.3. The molecule has 136 valence electrons. The first-order valence-corrected chi connectivity index (χ1v) is 9.15. The molecule has 0 bridgehead atoms. The Morgan fingerprint density at radius 3 is 2.65 bits per heavy atom. The molecule has 2 aromatic heterocycles. The summed E-state index contributed by atoms with van der Waals surface area (Å²) < 4.78 is 7.41. The summed E-state index contributed by atoms with van der Waals surface area (Å²) >= 11 is 0. The van der Waals surface area contributed by atoms with Crippen LogP contribution in [0, 0.1) is 20.8 Å². The number of nitrogens with zero attached hydrogens (tertiary/aromatic N) is 5. The van der Waals surface area contributed by atoms with E-state index in [1.165, 1.54) is 29.7 Å². The van der Waals surface area contributed by atoms with Gasteiger partial charge in [0, 0.05) is 23.7 Å². The monoisotopic (exact) mass is 351 g/mol. The Kier molecular flexibility index (Phi) is 4.36. The van der Waals surface area contributed by atoms with Gasteiger partial charge in [0.25, 0.3) is 0 Å². The number of benzene rings is 1. The quantitative estimate of drug-likeness (QED) is 0.678. The molecule has 0 spiro atoms. The fourth-order valence-electron chi connectivity index (χ4n) is 3.33. The number of aryl methyl sites for hydroxylation is 2. The zero-order valence-electron chi connectivity index (χ0n) is 15.9. The molecule has 0 amide bonds. The van der Waals surface area contributed by atoms with Crippen molar-refractivity contribution in [1.29, 1.82) is 0 Å². The van der Waals surface area contributed by atoms with Crippen LogP contribution in [0.15, 0.2) is 28.8 Å². The van der Waals surface area contributed by atoms with E-state index in [-0.39, 0.29) is 0 Å². The lowest BCUT2D eigenvalue weighted by atomic mass is 10.1. The van der Waals surface area contributed by atoms with Crippen LogP contribution in [-0.2, 0) is 13.1 Å². The second kappa shape index (κ2) is 6.68. The molecule has 1 aromatic carbocycles. The van der Waals surface area contributed by atoms with E-state index >= 15 is 0 Å². The highest BCUT2D eigenvalue weighted by atomic mass is 16.5. The Morgan fingerprint density at radius 1 is 1.15 bits per heavy atom. The summed E-state index contributed by atoms with van der Waals surface area (Å²) in [5.74, 6) is 2.06. The van der Waals surface area contributed by atoms with Crippen molar-refractivity contribution < 1.29 is 4.52 Å². The molecule has 0 atom stereocenters. The van der Waals surface area contributed by atoms with Gasteiger partial charge < -0.3 is 4.52 Å². The van der Waals surface area contributed by atoms with Gasteiger partial charge in [0.05, 0.1) is 17.9 Å². The second-order valence-electron chi connectivity index (χ2n) is 7.34. The van der Waals surface area contributed by atoms with Crippen molar-refractivity contribution in [3.05, 3.63) is 58.5 Å². The molecule has 4 rings (SSSR count). The molecule has 0 radical (unpaired) electrons. The predicted molar refractivity (Wildman–Crippen MR) is 99.2 cm³/mol. The van der Waals surface area contributed by atoms with Crippen LogP contribution in [0.4, 0.5) is 0 Å². The summed E-state index contributed by atoms with van der Waals surface area (Å²) in [7, 11) is 2.08. The highest BCUT2D eigenvalue weighted by molar-refractivity contribution is 5.42. The van der Waals surface area contributed by atoms with Crippen LogP contribution in [0.5, 0.6) is 0 Å². The maximum absolute atomic E-state index is 5.36. The zero-order valence-corrected chi connectivity index (χ0v) is 15.9. The van der Waals surface area contributed by atoms with Gasteiger partial charge in [-0.1, -0.05) is 23.4 Å². The first-order chi connectivity index (χ1) is 12.5. The van der Waals surface area contributed by atoms with E-state index < -0.39 is 0 Å². The van der Waals surface area contributed by atoms with E-state index in [2.05, 4.69) is 67.1 Å². The van der Waals surface area contributed by atoms with Gasteiger partial charge in [-0.25, -0.2) is 4.68 Å². The fourth-order valence-corrected chi connectivity index (χ4v) is 3.33. The van der Waals surface area contributed by atoms with Crippen molar-refractivity contribution in [3.8, 4) is 5.69 Å². The second-order valence-corrected chi connectivity index (χ2v) is 7.34. The number of aromatic nitrogens is 4. The molecule has 2 heterocycles. The van der Waals surface area contributed by atoms with Crippen molar-refractivity contribution in [2.45, 2.75) is 52.6 Å². The minimum Gasteiger partial charge on any atom is -0.339 e. The van der Waals surface area contributed by atoms with Gasteiger partial charge in [0.1, 0.15) is 0 Å². The predicted octanol–water partition coefficient (Wildman–Crippen LogP) is 3.69. The molecule has 6 heteroatoms. The fraction of sp³-hybridized carbons (Fsp3) is 0.450. The standard InChI is InChI=1S/C20H25N5O/c1-13-7-5-6-8-18(13)25-15(3)17(14(2)22-25)11-24(4)12-19-21-20(26-23-19)16-9-10-16/h5-8,16H,9-12H2,1-4H3. The minimum absolute atomic E-state index is 0.499. The molecule has 0 N–H and O–H groups in total. The number of hydrogen-bond acceptors (Lipinski definition) is 5. The largest absolute Gasteiger partial charge is 0.339 e. The molecule has 0 saturated heterocycles. The molecule has 1 fully saturated rings. The topological polar surface area (TPSA) is 60.0 Å². The highest BCUT2D eigenvalue weighted by Gasteiger charge is 2.29. The van der Waals surface area contributed by atoms with E-state index in [1.807, 2.05) is 4.68 Å². The molecular formula is C20H25N5O. The Hall–Kier alpha value is -2.47. The first-order valence-electron chi connectivity index (χ1n) is 9.15. The molecule has 0 unspecified atom stereocenters. The molecule has 1 saturated carbocycles. The lowest BCUT2D eigenvalue weighted by Crippen LogP contribution is -2.19. The molecule has 26 heavy (non-hydrogen) atoms. The van der Waals surface area contributed by atoms with Crippen LogP contribution < -0.4 is 0 Å². The third-order valence-corrected chi connectivity index (χ3v) is 5.03. The van der Waals surface area contributed by atoms with E-state index in [0.29, 0.717) is 12.5 Å². The highest BCUT2D eigenvalue weighted by Crippen LogP contribution is 2.38. The third-order valence-electron chi connectivity index (χ3n) is 5.03. The van der Waals surface area contributed by atoms with Crippen molar-refractivity contribution in [2.24, 2.45) is 0 Å². The average Bonchev–Trinajstić information content (AvgIpc) is 3.31. The van der Waals surface area contributed by atoms with Gasteiger partial charge in [0.15, 0.2) is 5.82 Å². The minimum atomic E-state index is 0.499. The van der Waals surface area contributed by atoms with E-state index in [1.54, 1.807) is 0 Å². The summed E-state index contributed by atoms with van der Waals surface area (Å²) in [6, 6.07) is 8.34. The van der Waals surface area contributed by atoms with Crippen LogP contribution >= 0.6 is 0 Å². The van der Waals surface area contributed by atoms with Crippen LogP contribution in [0.25, 0.3) is 5.69 Å². The molecule has 0 aliphatic heterocycles. The van der Waals surface area contributed by atoms with E-state index in [0.717, 1.165) is 29.6 Å². The van der Waals surface area contributed by atoms with Crippen molar-refractivity contribution in [3.63, 3.8) is 0 Å². The van der Waals surface area contributed by atoms with Gasteiger partial charge >= 0.3 is 0 Å².